The lowest BCUT2D eigenvalue weighted by Crippen LogP contribution is -2.34. The summed E-state index contributed by atoms with van der Waals surface area (Å²) in [7, 11) is 1.55. The van der Waals surface area contributed by atoms with Crippen LogP contribution in [0.4, 0.5) is 4.39 Å². The van der Waals surface area contributed by atoms with Gasteiger partial charge in [-0.3, -0.25) is 4.98 Å². The van der Waals surface area contributed by atoms with Crippen LogP contribution in [0.15, 0.2) is 60.9 Å². The molecule has 0 saturated carbocycles. The summed E-state index contributed by atoms with van der Waals surface area (Å²) >= 11 is 0. The standard InChI is InChI=1S/C21H18FNO4/c1-24-21-11-23-7-6-18(21)14-8-15(22)10-16(9-14)25-12-17-13-26-19-4-2-3-5-20(19)27-17/h2-11,17H,12-13H2,1H3. The van der Waals surface area contributed by atoms with Crippen LogP contribution in [0.2, 0.25) is 0 Å². The summed E-state index contributed by atoms with van der Waals surface area (Å²) in [6.45, 7) is 0.613. The minimum absolute atomic E-state index is 0.241. The van der Waals surface area contributed by atoms with Crippen molar-refractivity contribution in [1.82, 2.24) is 4.98 Å². The van der Waals surface area contributed by atoms with Crippen molar-refractivity contribution in [3.05, 3.63) is 66.7 Å². The predicted octanol–water partition coefficient (Wildman–Crippen LogP) is 4.12. The van der Waals surface area contributed by atoms with Crippen LogP contribution in [-0.2, 0) is 0 Å². The van der Waals surface area contributed by atoms with Gasteiger partial charge in [0.05, 0.1) is 13.3 Å². The first-order chi connectivity index (χ1) is 13.2. The van der Waals surface area contributed by atoms with Gasteiger partial charge in [0, 0.05) is 17.8 Å². The second kappa shape index (κ2) is 7.53. The van der Waals surface area contributed by atoms with Crippen molar-refractivity contribution in [2.75, 3.05) is 20.3 Å². The highest BCUT2D eigenvalue weighted by atomic mass is 19.1. The van der Waals surface area contributed by atoms with E-state index in [4.69, 9.17) is 18.9 Å². The summed E-state index contributed by atoms with van der Waals surface area (Å²) in [6, 6.07) is 13.8. The van der Waals surface area contributed by atoms with Crippen molar-refractivity contribution in [3.8, 4) is 34.1 Å². The molecule has 0 bridgehead atoms. The molecule has 2 heterocycles. The number of ether oxygens (including phenoxy) is 4. The van der Waals surface area contributed by atoms with E-state index in [0.717, 1.165) is 5.56 Å². The van der Waals surface area contributed by atoms with Gasteiger partial charge < -0.3 is 18.9 Å². The van der Waals surface area contributed by atoms with Gasteiger partial charge in [-0.15, -0.1) is 0 Å². The highest BCUT2D eigenvalue weighted by Crippen LogP contribution is 2.33. The molecule has 1 aliphatic heterocycles. The first-order valence-corrected chi connectivity index (χ1v) is 8.53. The Morgan fingerprint density at radius 3 is 2.85 bits per heavy atom. The quantitative estimate of drug-likeness (QED) is 0.679. The lowest BCUT2D eigenvalue weighted by Gasteiger charge is -2.26. The molecule has 1 atom stereocenters. The van der Waals surface area contributed by atoms with Crippen molar-refractivity contribution < 1.29 is 23.3 Å². The molecule has 27 heavy (non-hydrogen) atoms. The van der Waals surface area contributed by atoms with Crippen LogP contribution in [0.3, 0.4) is 0 Å². The minimum Gasteiger partial charge on any atom is -0.494 e. The van der Waals surface area contributed by atoms with E-state index in [1.807, 2.05) is 24.3 Å². The zero-order valence-electron chi connectivity index (χ0n) is 14.7. The minimum atomic E-state index is -0.396. The maximum absolute atomic E-state index is 14.1. The van der Waals surface area contributed by atoms with E-state index in [-0.39, 0.29) is 12.7 Å². The van der Waals surface area contributed by atoms with Crippen molar-refractivity contribution >= 4 is 0 Å². The molecule has 2 aromatic carbocycles. The number of fused-ring (bicyclic) bond motifs is 1. The molecule has 0 radical (unpaired) electrons. The molecule has 1 aliphatic rings. The summed E-state index contributed by atoms with van der Waals surface area (Å²) in [5.41, 5.74) is 1.39. The Hall–Kier alpha value is -3.28. The normalized spacial score (nSPS) is 15.3. The summed E-state index contributed by atoms with van der Waals surface area (Å²) in [5.74, 6) is 1.97. The van der Waals surface area contributed by atoms with Crippen LogP contribution in [0.5, 0.6) is 23.0 Å². The molecule has 0 aliphatic carbocycles. The molecule has 0 amide bonds. The molecular weight excluding hydrogens is 349 g/mol. The molecule has 0 saturated heterocycles. The van der Waals surface area contributed by atoms with Gasteiger partial charge >= 0.3 is 0 Å². The zero-order chi connectivity index (χ0) is 18.6. The molecule has 0 N–H and O–H groups in total. The van der Waals surface area contributed by atoms with Gasteiger partial charge in [-0.2, -0.15) is 0 Å². The Morgan fingerprint density at radius 2 is 2.00 bits per heavy atom. The van der Waals surface area contributed by atoms with Gasteiger partial charge in [0.25, 0.3) is 0 Å². The van der Waals surface area contributed by atoms with E-state index in [1.54, 1.807) is 31.6 Å². The van der Waals surface area contributed by atoms with Crippen molar-refractivity contribution in [1.29, 1.82) is 0 Å². The average molecular weight is 367 g/mol. The van der Waals surface area contributed by atoms with Crippen molar-refractivity contribution in [2.45, 2.75) is 6.10 Å². The molecule has 5 nitrogen and oxygen atoms in total. The number of halogens is 1. The van der Waals surface area contributed by atoms with Crippen LogP contribution in [0.1, 0.15) is 0 Å². The highest BCUT2D eigenvalue weighted by molar-refractivity contribution is 5.71. The summed E-state index contributed by atoms with van der Waals surface area (Å²) < 4.78 is 36.7. The number of para-hydroxylation sites is 2. The molecule has 4 rings (SSSR count). The number of nitrogens with zero attached hydrogens (tertiary/aromatic N) is 1. The number of rotatable bonds is 5. The van der Waals surface area contributed by atoms with Gasteiger partial charge in [0.2, 0.25) is 0 Å². The van der Waals surface area contributed by atoms with Crippen molar-refractivity contribution in [3.63, 3.8) is 0 Å². The Bertz CT molecular complexity index is 947. The van der Waals surface area contributed by atoms with Crippen molar-refractivity contribution in [2.24, 2.45) is 0 Å². The number of hydrogen-bond acceptors (Lipinski definition) is 5. The fraction of sp³-hybridized carbons (Fsp3) is 0.190. The van der Waals surface area contributed by atoms with E-state index in [2.05, 4.69) is 4.98 Å². The second-order valence-electron chi connectivity index (χ2n) is 6.06. The van der Waals surface area contributed by atoms with E-state index in [9.17, 15) is 4.39 Å². The Morgan fingerprint density at radius 1 is 1.15 bits per heavy atom. The van der Waals surface area contributed by atoms with Crippen LogP contribution in [-0.4, -0.2) is 31.4 Å². The third-order valence-corrected chi connectivity index (χ3v) is 4.19. The first-order valence-electron chi connectivity index (χ1n) is 8.53. The highest BCUT2D eigenvalue weighted by Gasteiger charge is 2.21. The first kappa shape index (κ1) is 17.1. The zero-order valence-corrected chi connectivity index (χ0v) is 14.7. The molecule has 0 fully saturated rings. The number of pyridine rings is 1. The third kappa shape index (κ3) is 3.79. The van der Waals surface area contributed by atoms with Gasteiger partial charge in [-0.05, 0) is 35.9 Å². The lowest BCUT2D eigenvalue weighted by atomic mass is 10.1. The smallest absolute Gasteiger partial charge is 0.166 e. The van der Waals surface area contributed by atoms with Crippen LogP contribution < -0.4 is 18.9 Å². The lowest BCUT2D eigenvalue weighted by molar-refractivity contribution is 0.0535. The van der Waals surface area contributed by atoms with Crippen LogP contribution in [0.25, 0.3) is 11.1 Å². The van der Waals surface area contributed by atoms with Gasteiger partial charge in [0.15, 0.2) is 17.6 Å². The van der Waals surface area contributed by atoms with E-state index < -0.39 is 5.82 Å². The third-order valence-electron chi connectivity index (χ3n) is 4.19. The van der Waals surface area contributed by atoms with Gasteiger partial charge in [-0.1, -0.05) is 12.1 Å². The van der Waals surface area contributed by atoms with E-state index in [1.165, 1.54) is 12.1 Å². The Kier molecular flexibility index (Phi) is 4.78. The molecule has 0 spiro atoms. The number of methoxy groups -OCH3 is 1. The second-order valence-corrected chi connectivity index (χ2v) is 6.06. The molecule has 1 unspecified atom stereocenters. The van der Waals surface area contributed by atoms with E-state index in [0.29, 0.717) is 35.2 Å². The summed E-state index contributed by atoms with van der Waals surface area (Å²) in [4.78, 5) is 4.02. The van der Waals surface area contributed by atoms with Crippen LogP contribution in [0, 0.1) is 5.82 Å². The summed E-state index contributed by atoms with van der Waals surface area (Å²) in [6.07, 6.45) is 2.95. The maximum atomic E-state index is 14.1. The molecule has 1 aromatic heterocycles. The topological polar surface area (TPSA) is 49.8 Å². The fourth-order valence-electron chi connectivity index (χ4n) is 2.92. The molecule has 6 heteroatoms. The summed E-state index contributed by atoms with van der Waals surface area (Å²) in [5, 5.41) is 0. The van der Waals surface area contributed by atoms with Gasteiger partial charge in [-0.25, -0.2) is 4.39 Å². The van der Waals surface area contributed by atoms with E-state index >= 15 is 0 Å². The molecular formula is C21H18FNO4. The number of aromatic nitrogens is 1. The van der Waals surface area contributed by atoms with Crippen LogP contribution >= 0.6 is 0 Å². The Labute approximate surface area is 156 Å². The molecule has 138 valence electrons. The number of benzene rings is 2. The largest absolute Gasteiger partial charge is 0.494 e. The predicted molar refractivity (Wildman–Crippen MR) is 98.0 cm³/mol. The molecule has 3 aromatic rings. The SMILES string of the molecule is COc1cnccc1-c1cc(F)cc(OCC2COc3ccccc3O2)c1. The Balaban J connectivity index is 1.49. The number of hydrogen-bond donors (Lipinski definition) is 0. The monoisotopic (exact) mass is 367 g/mol. The maximum Gasteiger partial charge on any atom is 0.166 e. The average Bonchev–Trinajstić information content (AvgIpc) is 2.71. The van der Waals surface area contributed by atoms with Gasteiger partial charge in [0.1, 0.15) is 30.5 Å². The fourth-order valence-corrected chi connectivity index (χ4v) is 2.92.